The van der Waals surface area contributed by atoms with Gasteiger partial charge in [-0.3, -0.25) is 15.4 Å². The molecule has 1 N–H and O–H groups in total. The zero-order valence-electron chi connectivity index (χ0n) is 19.2. The molecule has 1 aliphatic heterocycles. The molecule has 1 aromatic rings. The number of rotatable bonds is 10. The number of nitrogens with zero attached hydrogens (tertiary/aromatic N) is 1. The number of benzene rings is 1. The Morgan fingerprint density at radius 3 is 1.94 bits per heavy atom. The smallest absolute Gasteiger partial charge is 0.343 e. The van der Waals surface area contributed by atoms with Crippen LogP contribution in [-0.4, -0.2) is 60.8 Å². The molecule has 12 heteroatoms. The van der Waals surface area contributed by atoms with Gasteiger partial charge in [0, 0.05) is 12.1 Å². The summed E-state index contributed by atoms with van der Waals surface area (Å²) in [7, 11) is 0. The summed E-state index contributed by atoms with van der Waals surface area (Å²) >= 11 is 0. The maximum Gasteiger partial charge on any atom is 0.343 e. The van der Waals surface area contributed by atoms with Crippen LogP contribution in [0.1, 0.15) is 39.3 Å². The molecular formula is C22H26N2O10. The SMILES string of the molecule is CCOC(=O)C1=C(C(=O)OCC)C(C(=O)OCC)(C(=O)OCC)NC1c1cccc([N+](=O)[O-])c1. The summed E-state index contributed by atoms with van der Waals surface area (Å²) in [4.78, 5) is 63.2. The zero-order valence-corrected chi connectivity index (χ0v) is 19.2. The van der Waals surface area contributed by atoms with E-state index >= 15 is 0 Å². The van der Waals surface area contributed by atoms with Gasteiger partial charge in [-0.2, -0.15) is 0 Å². The molecule has 0 saturated carbocycles. The third-order valence-electron chi connectivity index (χ3n) is 4.85. The minimum Gasteiger partial charge on any atom is -0.464 e. The molecule has 2 rings (SSSR count). The van der Waals surface area contributed by atoms with E-state index in [1.54, 1.807) is 0 Å². The standard InChI is InChI=1S/C22H26N2O10/c1-5-31-18(25)15-16(19(26)32-6-2)22(20(27)33-7-3,21(28)34-8-4)23-17(15)13-10-9-11-14(12-13)24(29)30/h9-12,17,23H,5-8H2,1-4H3. The lowest BCUT2D eigenvalue weighted by atomic mass is 9.88. The van der Waals surface area contributed by atoms with E-state index in [1.807, 2.05) is 0 Å². The molecule has 1 atom stereocenters. The molecule has 0 amide bonds. The van der Waals surface area contributed by atoms with Crippen molar-refractivity contribution >= 4 is 29.6 Å². The zero-order chi connectivity index (χ0) is 25.5. The van der Waals surface area contributed by atoms with Gasteiger partial charge in [-0.1, -0.05) is 12.1 Å². The molecule has 0 aromatic heterocycles. The van der Waals surface area contributed by atoms with Gasteiger partial charge in [-0.25, -0.2) is 19.2 Å². The van der Waals surface area contributed by atoms with Gasteiger partial charge in [-0.05, 0) is 33.3 Å². The summed E-state index contributed by atoms with van der Waals surface area (Å²) in [6.45, 7) is 5.46. The van der Waals surface area contributed by atoms with Crippen molar-refractivity contribution in [3.05, 3.63) is 51.1 Å². The van der Waals surface area contributed by atoms with Gasteiger partial charge in [0.05, 0.1) is 48.5 Å². The predicted molar refractivity (Wildman–Crippen MR) is 115 cm³/mol. The lowest BCUT2D eigenvalue weighted by Gasteiger charge is -2.28. The Bertz CT molecular complexity index is 999. The number of hydrogen-bond donors (Lipinski definition) is 1. The average Bonchev–Trinajstić information content (AvgIpc) is 3.17. The highest BCUT2D eigenvalue weighted by Crippen LogP contribution is 2.42. The summed E-state index contributed by atoms with van der Waals surface area (Å²) in [5, 5.41) is 14.0. The number of non-ortho nitro benzene ring substituents is 1. The van der Waals surface area contributed by atoms with Crippen molar-refractivity contribution in [3.8, 4) is 0 Å². The number of ether oxygens (including phenoxy) is 4. The van der Waals surface area contributed by atoms with E-state index < -0.39 is 51.5 Å². The number of esters is 4. The summed E-state index contributed by atoms with van der Waals surface area (Å²) in [5.74, 6) is -4.57. The van der Waals surface area contributed by atoms with Crippen LogP contribution in [0, 0.1) is 10.1 Å². The van der Waals surface area contributed by atoms with Crippen LogP contribution in [0.25, 0.3) is 0 Å². The lowest BCUT2D eigenvalue weighted by molar-refractivity contribution is -0.384. The Morgan fingerprint density at radius 2 is 1.44 bits per heavy atom. The third-order valence-corrected chi connectivity index (χ3v) is 4.85. The van der Waals surface area contributed by atoms with E-state index in [9.17, 15) is 29.3 Å². The van der Waals surface area contributed by atoms with Crippen LogP contribution in [0.2, 0.25) is 0 Å². The second-order valence-electron chi connectivity index (χ2n) is 6.85. The lowest BCUT2D eigenvalue weighted by Crippen LogP contribution is -2.60. The second kappa shape index (κ2) is 11.4. The van der Waals surface area contributed by atoms with Gasteiger partial charge in [0.25, 0.3) is 5.69 Å². The van der Waals surface area contributed by atoms with E-state index in [-0.39, 0.29) is 37.7 Å². The minimum atomic E-state index is -2.57. The first-order valence-electron chi connectivity index (χ1n) is 10.6. The Morgan fingerprint density at radius 1 is 0.912 bits per heavy atom. The molecule has 1 aliphatic rings. The number of carbonyl (C=O) groups excluding carboxylic acids is 4. The fraction of sp³-hybridized carbons (Fsp3) is 0.455. The van der Waals surface area contributed by atoms with Crippen LogP contribution >= 0.6 is 0 Å². The van der Waals surface area contributed by atoms with Crippen molar-refractivity contribution in [2.75, 3.05) is 26.4 Å². The summed E-state index contributed by atoms with van der Waals surface area (Å²) in [6, 6.07) is 3.82. The second-order valence-corrected chi connectivity index (χ2v) is 6.85. The maximum atomic E-state index is 13.2. The molecule has 1 unspecified atom stereocenters. The van der Waals surface area contributed by atoms with Crippen LogP contribution in [0.15, 0.2) is 35.4 Å². The Labute approximate surface area is 195 Å². The fourth-order valence-electron chi connectivity index (χ4n) is 3.55. The quantitative estimate of drug-likeness (QED) is 0.171. The first kappa shape index (κ1) is 26.5. The van der Waals surface area contributed by atoms with Crippen molar-refractivity contribution in [1.82, 2.24) is 5.32 Å². The van der Waals surface area contributed by atoms with Gasteiger partial charge < -0.3 is 18.9 Å². The average molecular weight is 478 g/mol. The molecule has 0 spiro atoms. The Kier molecular flexibility index (Phi) is 8.84. The molecule has 1 aromatic carbocycles. The molecule has 1 heterocycles. The molecule has 0 bridgehead atoms. The van der Waals surface area contributed by atoms with Crippen LogP contribution < -0.4 is 5.32 Å². The highest BCUT2D eigenvalue weighted by Gasteiger charge is 2.63. The van der Waals surface area contributed by atoms with Crippen molar-refractivity contribution in [2.24, 2.45) is 0 Å². The van der Waals surface area contributed by atoms with Crippen molar-refractivity contribution in [3.63, 3.8) is 0 Å². The first-order valence-corrected chi connectivity index (χ1v) is 10.6. The number of nitro benzene ring substituents is 1. The van der Waals surface area contributed by atoms with E-state index in [2.05, 4.69) is 5.32 Å². The summed E-state index contributed by atoms with van der Waals surface area (Å²) < 4.78 is 20.3. The van der Waals surface area contributed by atoms with Gasteiger partial charge in [-0.15, -0.1) is 0 Å². The molecule has 0 saturated heterocycles. The van der Waals surface area contributed by atoms with Gasteiger partial charge >= 0.3 is 23.9 Å². The highest BCUT2D eigenvalue weighted by atomic mass is 16.6. The maximum absolute atomic E-state index is 13.2. The van der Waals surface area contributed by atoms with Crippen LogP contribution in [0.3, 0.4) is 0 Å². The normalized spacial score (nSPS) is 16.5. The van der Waals surface area contributed by atoms with E-state index in [0.29, 0.717) is 0 Å². The molecule has 12 nitrogen and oxygen atoms in total. The topological polar surface area (TPSA) is 160 Å². The first-order chi connectivity index (χ1) is 16.2. The third kappa shape index (κ3) is 4.91. The van der Waals surface area contributed by atoms with E-state index in [4.69, 9.17) is 18.9 Å². The highest BCUT2D eigenvalue weighted by molar-refractivity contribution is 6.20. The van der Waals surface area contributed by atoms with Gasteiger partial charge in [0.15, 0.2) is 0 Å². The molecule has 184 valence electrons. The molecule has 0 radical (unpaired) electrons. The van der Waals surface area contributed by atoms with Crippen LogP contribution in [-0.2, 0) is 38.1 Å². The van der Waals surface area contributed by atoms with E-state index in [1.165, 1.54) is 45.9 Å². The van der Waals surface area contributed by atoms with Crippen LogP contribution in [0.5, 0.6) is 0 Å². The van der Waals surface area contributed by atoms with E-state index in [0.717, 1.165) is 6.07 Å². The molecule has 0 fully saturated rings. The van der Waals surface area contributed by atoms with Crippen molar-refractivity contribution in [1.29, 1.82) is 0 Å². The van der Waals surface area contributed by atoms with Crippen molar-refractivity contribution < 1.29 is 43.0 Å². The number of nitro groups is 1. The van der Waals surface area contributed by atoms with Gasteiger partial charge in [0.1, 0.15) is 0 Å². The molecule has 0 aliphatic carbocycles. The Hall–Kier alpha value is -3.80. The van der Waals surface area contributed by atoms with Gasteiger partial charge in [0.2, 0.25) is 5.54 Å². The Balaban J connectivity index is 2.92. The monoisotopic (exact) mass is 478 g/mol. The minimum absolute atomic E-state index is 0.0914. The number of carbonyl (C=O) groups is 4. The number of hydrogen-bond acceptors (Lipinski definition) is 11. The number of nitrogens with one attached hydrogen (secondary N) is 1. The summed E-state index contributed by atoms with van der Waals surface area (Å²) in [5.41, 5.74) is -3.84. The fourth-order valence-corrected chi connectivity index (χ4v) is 3.55. The predicted octanol–water partition coefficient (Wildman–Crippen LogP) is 1.53. The largest absolute Gasteiger partial charge is 0.464 e. The van der Waals surface area contributed by atoms with Crippen LogP contribution in [0.4, 0.5) is 5.69 Å². The molecular weight excluding hydrogens is 452 g/mol. The molecule has 34 heavy (non-hydrogen) atoms. The summed E-state index contributed by atoms with van der Waals surface area (Å²) in [6.07, 6.45) is 0. The van der Waals surface area contributed by atoms with Crippen molar-refractivity contribution in [2.45, 2.75) is 39.3 Å².